The van der Waals surface area contributed by atoms with Crippen LogP contribution in [0.3, 0.4) is 0 Å². The third kappa shape index (κ3) is 3.91. The fourth-order valence-corrected chi connectivity index (χ4v) is 2.14. The van der Waals surface area contributed by atoms with Gasteiger partial charge in [-0.1, -0.05) is 0 Å². The van der Waals surface area contributed by atoms with Gasteiger partial charge in [0, 0.05) is 31.5 Å². The summed E-state index contributed by atoms with van der Waals surface area (Å²) in [6.07, 6.45) is 0. The fourth-order valence-electron chi connectivity index (χ4n) is 2.14. The second kappa shape index (κ2) is 7.03. The Bertz CT molecular complexity index is 542. The smallest absolute Gasteiger partial charge is 0.336 e. The molecule has 0 aromatic heterocycles. The molecule has 1 aromatic carbocycles. The Balaban J connectivity index is 3.43. The normalized spacial score (nSPS) is 10.7. The summed E-state index contributed by atoms with van der Waals surface area (Å²) in [5.41, 5.74) is 0.724. The van der Waals surface area contributed by atoms with Crippen LogP contribution in [0.15, 0.2) is 12.1 Å². The summed E-state index contributed by atoms with van der Waals surface area (Å²) in [5, 5.41) is 20.3. The van der Waals surface area contributed by atoms with Gasteiger partial charge in [-0.25, -0.2) is 4.79 Å². The second-order valence-corrected chi connectivity index (χ2v) is 4.98. The first kappa shape index (κ1) is 16.9. The number of nitro groups is 1. The van der Waals surface area contributed by atoms with Gasteiger partial charge in [0.2, 0.25) is 0 Å². The lowest BCUT2D eigenvalue weighted by Gasteiger charge is -2.30. The first-order valence-corrected chi connectivity index (χ1v) is 6.57. The quantitative estimate of drug-likeness (QED) is 0.613. The predicted octanol–water partition coefficient (Wildman–Crippen LogP) is 2.46. The highest BCUT2D eigenvalue weighted by Gasteiger charge is 2.23. The summed E-state index contributed by atoms with van der Waals surface area (Å²) in [4.78, 5) is 23.7. The summed E-state index contributed by atoms with van der Waals surface area (Å²) in [5.74, 6) is -1.19. The third-order valence-electron chi connectivity index (χ3n) is 3.27. The minimum absolute atomic E-state index is 0.0579. The van der Waals surface area contributed by atoms with Crippen LogP contribution in [0.5, 0.6) is 0 Å². The Morgan fingerprint density at radius 2 is 2.10 bits per heavy atom. The van der Waals surface area contributed by atoms with E-state index in [0.717, 1.165) is 6.07 Å². The van der Waals surface area contributed by atoms with E-state index in [2.05, 4.69) is 0 Å². The van der Waals surface area contributed by atoms with Gasteiger partial charge in [-0.2, -0.15) is 0 Å². The highest BCUT2D eigenvalue weighted by atomic mass is 16.6. The summed E-state index contributed by atoms with van der Waals surface area (Å²) in [7, 11) is 1.57. The number of rotatable bonds is 7. The predicted molar refractivity (Wildman–Crippen MR) is 79.2 cm³/mol. The molecule has 116 valence electrons. The van der Waals surface area contributed by atoms with Crippen LogP contribution >= 0.6 is 0 Å². The number of carbonyl (C=O) groups is 1. The van der Waals surface area contributed by atoms with Gasteiger partial charge >= 0.3 is 5.97 Å². The van der Waals surface area contributed by atoms with E-state index in [1.165, 1.54) is 6.07 Å². The van der Waals surface area contributed by atoms with Crippen LogP contribution in [0.1, 0.15) is 29.8 Å². The number of hydrogen-bond acceptors (Lipinski definition) is 5. The van der Waals surface area contributed by atoms with E-state index in [9.17, 15) is 14.9 Å². The lowest BCUT2D eigenvalue weighted by Crippen LogP contribution is -2.34. The van der Waals surface area contributed by atoms with E-state index in [1.807, 2.05) is 18.7 Å². The summed E-state index contributed by atoms with van der Waals surface area (Å²) < 4.78 is 5.05. The molecule has 0 aliphatic carbocycles. The standard InChI is InChI=1S/C14H20N2O5/c1-9(2)15(5-6-21-4)12-7-11(14(17)18)8-13(10(12)3)16(19)20/h7-9H,5-6H2,1-4H3,(H,17,18). The van der Waals surface area contributed by atoms with Crippen LogP contribution in [0.25, 0.3) is 0 Å². The van der Waals surface area contributed by atoms with Gasteiger partial charge < -0.3 is 14.7 Å². The third-order valence-corrected chi connectivity index (χ3v) is 3.27. The first-order chi connectivity index (χ1) is 9.79. The topological polar surface area (TPSA) is 92.9 Å². The molecule has 0 amide bonds. The number of anilines is 1. The number of carboxylic acids is 1. The van der Waals surface area contributed by atoms with Crippen LogP contribution in [-0.2, 0) is 4.74 Å². The van der Waals surface area contributed by atoms with Crippen molar-refractivity contribution in [3.63, 3.8) is 0 Å². The minimum Gasteiger partial charge on any atom is -0.478 e. The zero-order valence-corrected chi connectivity index (χ0v) is 12.6. The van der Waals surface area contributed by atoms with Gasteiger partial charge in [-0.05, 0) is 26.8 Å². The molecule has 0 heterocycles. The highest BCUT2D eigenvalue weighted by molar-refractivity contribution is 5.90. The van der Waals surface area contributed by atoms with Gasteiger partial charge in [0.15, 0.2) is 0 Å². The zero-order chi connectivity index (χ0) is 16.2. The molecule has 0 bridgehead atoms. The molecule has 0 aliphatic rings. The number of nitro benzene ring substituents is 1. The Morgan fingerprint density at radius 1 is 1.48 bits per heavy atom. The van der Waals surface area contributed by atoms with Crippen molar-refractivity contribution < 1.29 is 19.6 Å². The zero-order valence-electron chi connectivity index (χ0n) is 12.6. The SMILES string of the molecule is COCCN(c1cc(C(=O)O)cc([N+](=O)[O-])c1C)C(C)C. The molecule has 0 fully saturated rings. The number of ether oxygens (including phenoxy) is 1. The van der Waals surface area contributed by atoms with Gasteiger partial charge in [-0.15, -0.1) is 0 Å². The van der Waals surface area contributed by atoms with E-state index in [-0.39, 0.29) is 17.3 Å². The molecule has 0 spiro atoms. The fraction of sp³-hybridized carbons (Fsp3) is 0.500. The highest BCUT2D eigenvalue weighted by Crippen LogP contribution is 2.31. The molecule has 7 nitrogen and oxygen atoms in total. The molecule has 7 heteroatoms. The van der Waals surface area contributed by atoms with E-state index in [0.29, 0.717) is 24.4 Å². The number of hydrogen-bond donors (Lipinski definition) is 1. The molecule has 0 aliphatic heterocycles. The number of benzene rings is 1. The first-order valence-electron chi connectivity index (χ1n) is 6.57. The minimum atomic E-state index is -1.19. The number of carboxylic acid groups (broad SMARTS) is 1. The van der Waals surface area contributed by atoms with Gasteiger partial charge in [-0.3, -0.25) is 10.1 Å². The molecule has 1 aromatic rings. The molecule has 1 rings (SSSR count). The van der Waals surface area contributed by atoms with Crippen molar-refractivity contribution in [2.24, 2.45) is 0 Å². The van der Waals surface area contributed by atoms with Crippen molar-refractivity contribution in [3.05, 3.63) is 33.4 Å². The lowest BCUT2D eigenvalue weighted by molar-refractivity contribution is -0.385. The average Bonchev–Trinajstić information content (AvgIpc) is 2.39. The maximum Gasteiger partial charge on any atom is 0.336 e. The van der Waals surface area contributed by atoms with Gasteiger partial charge in [0.25, 0.3) is 5.69 Å². The van der Waals surface area contributed by atoms with Gasteiger partial charge in [0.05, 0.1) is 22.7 Å². The second-order valence-electron chi connectivity index (χ2n) is 4.98. The Labute approximate surface area is 123 Å². The van der Waals surface area contributed by atoms with Crippen molar-refractivity contribution in [1.82, 2.24) is 0 Å². The van der Waals surface area contributed by atoms with Crippen LogP contribution in [-0.4, -0.2) is 42.3 Å². The number of nitrogens with zero attached hydrogens (tertiary/aromatic N) is 2. The molecule has 21 heavy (non-hydrogen) atoms. The lowest BCUT2D eigenvalue weighted by atomic mass is 10.1. The Kier molecular flexibility index (Phi) is 5.66. The largest absolute Gasteiger partial charge is 0.478 e. The van der Waals surface area contributed by atoms with Crippen LogP contribution in [0.2, 0.25) is 0 Å². The van der Waals surface area contributed by atoms with E-state index in [4.69, 9.17) is 9.84 Å². The molecule has 1 N–H and O–H groups in total. The van der Waals surface area contributed by atoms with Crippen LogP contribution in [0.4, 0.5) is 11.4 Å². The van der Waals surface area contributed by atoms with Crippen LogP contribution in [0, 0.1) is 17.0 Å². The molecular formula is C14H20N2O5. The van der Waals surface area contributed by atoms with Crippen molar-refractivity contribution >= 4 is 17.3 Å². The Hall–Kier alpha value is -2.15. The Morgan fingerprint density at radius 3 is 2.52 bits per heavy atom. The molecule has 0 saturated carbocycles. The summed E-state index contributed by atoms with van der Waals surface area (Å²) in [6.45, 7) is 6.47. The van der Waals surface area contributed by atoms with E-state index in [1.54, 1.807) is 14.0 Å². The van der Waals surface area contributed by atoms with Crippen molar-refractivity contribution in [3.8, 4) is 0 Å². The van der Waals surface area contributed by atoms with Crippen molar-refractivity contribution in [1.29, 1.82) is 0 Å². The summed E-state index contributed by atoms with van der Waals surface area (Å²) in [6, 6.07) is 2.62. The maximum atomic E-state index is 11.2. The average molecular weight is 296 g/mol. The monoisotopic (exact) mass is 296 g/mol. The van der Waals surface area contributed by atoms with Crippen LogP contribution < -0.4 is 4.90 Å². The van der Waals surface area contributed by atoms with Crippen molar-refractivity contribution in [2.75, 3.05) is 25.2 Å². The summed E-state index contributed by atoms with van der Waals surface area (Å²) >= 11 is 0. The maximum absolute atomic E-state index is 11.2. The molecular weight excluding hydrogens is 276 g/mol. The molecule has 0 saturated heterocycles. The van der Waals surface area contributed by atoms with Gasteiger partial charge in [0.1, 0.15) is 0 Å². The van der Waals surface area contributed by atoms with E-state index < -0.39 is 10.9 Å². The number of aromatic carboxylic acids is 1. The van der Waals surface area contributed by atoms with E-state index >= 15 is 0 Å². The molecule has 0 unspecified atom stereocenters. The molecule has 0 radical (unpaired) electrons. The van der Waals surface area contributed by atoms with Crippen molar-refractivity contribution in [2.45, 2.75) is 26.8 Å². The molecule has 0 atom stereocenters. The number of methoxy groups -OCH3 is 1.